The van der Waals surface area contributed by atoms with E-state index in [2.05, 4.69) is 34.9 Å². The molecule has 4 rings (SSSR count). The predicted octanol–water partition coefficient (Wildman–Crippen LogP) is 5.05. The van der Waals surface area contributed by atoms with Crippen LogP contribution < -0.4 is 20.3 Å². The third kappa shape index (κ3) is 5.12. The van der Waals surface area contributed by atoms with Crippen LogP contribution in [0.5, 0.6) is 5.75 Å². The van der Waals surface area contributed by atoms with Crippen LogP contribution in [0.3, 0.4) is 0 Å². The second-order valence-electron chi connectivity index (χ2n) is 7.39. The van der Waals surface area contributed by atoms with Gasteiger partial charge in [-0.2, -0.15) is 0 Å². The van der Waals surface area contributed by atoms with Crippen molar-refractivity contribution in [2.45, 2.75) is 38.5 Å². The van der Waals surface area contributed by atoms with Crippen molar-refractivity contribution in [3.05, 3.63) is 53.1 Å². The number of halogens is 2. The lowest BCUT2D eigenvalue weighted by Crippen LogP contribution is -2.32. The molecule has 0 unspecified atom stereocenters. The lowest BCUT2D eigenvalue weighted by Gasteiger charge is -2.27. The smallest absolute Gasteiger partial charge is 0.414 e. The molecule has 0 aliphatic carbocycles. The molecular weight excluding hydrogens is 425 g/mol. The minimum absolute atomic E-state index is 0. The van der Waals surface area contributed by atoms with Crippen LogP contribution in [0.1, 0.15) is 42.0 Å². The number of fused-ring (bicyclic) bond motifs is 1. The largest absolute Gasteiger partial charge is 0.496 e. The Bertz CT molecular complexity index is 873. The Hall–Kier alpha value is -2.15. The van der Waals surface area contributed by atoms with E-state index in [1.54, 1.807) is 14.2 Å². The molecule has 30 heavy (non-hydrogen) atoms. The highest BCUT2D eigenvalue weighted by Crippen LogP contribution is 2.33. The summed E-state index contributed by atoms with van der Waals surface area (Å²) in [7, 11) is 3.39. The number of rotatable bonds is 5. The van der Waals surface area contributed by atoms with Crippen molar-refractivity contribution in [1.82, 2.24) is 5.32 Å². The van der Waals surface area contributed by atoms with Crippen LogP contribution in [0.25, 0.3) is 0 Å². The van der Waals surface area contributed by atoms with Crippen molar-refractivity contribution >= 4 is 42.3 Å². The van der Waals surface area contributed by atoms with Gasteiger partial charge in [-0.25, -0.2) is 4.79 Å². The summed E-state index contributed by atoms with van der Waals surface area (Å²) >= 11 is 0. The summed E-state index contributed by atoms with van der Waals surface area (Å²) in [6, 6.07) is 13.0. The fourth-order valence-electron chi connectivity index (χ4n) is 3.94. The SMILES string of the molecule is COc1cc2c(cc1CNc1cccc([C@@H]3CCCCN3)c1)N(C)C(=O)OC2.Cl.Cl. The van der Waals surface area contributed by atoms with E-state index in [0.29, 0.717) is 12.6 Å². The Kier molecular flexibility index (Phi) is 8.65. The van der Waals surface area contributed by atoms with Gasteiger partial charge in [0, 0.05) is 36.4 Å². The molecule has 0 bridgehead atoms. The van der Waals surface area contributed by atoms with Crippen molar-refractivity contribution in [3.63, 3.8) is 0 Å². The van der Waals surface area contributed by atoms with Crippen LogP contribution in [-0.4, -0.2) is 26.8 Å². The van der Waals surface area contributed by atoms with E-state index in [0.717, 1.165) is 34.8 Å². The second-order valence-corrected chi connectivity index (χ2v) is 7.39. The zero-order valence-electron chi connectivity index (χ0n) is 17.3. The molecule has 0 saturated carbocycles. The normalized spacial score (nSPS) is 17.7. The number of hydrogen-bond donors (Lipinski definition) is 2. The van der Waals surface area contributed by atoms with Gasteiger partial charge in [-0.1, -0.05) is 18.6 Å². The Morgan fingerprint density at radius 1 is 1.23 bits per heavy atom. The van der Waals surface area contributed by atoms with Crippen LogP contribution in [-0.2, 0) is 17.9 Å². The maximum Gasteiger partial charge on any atom is 0.414 e. The minimum atomic E-state index is -0.329. The summed E-state index contributed by atoms with van der Waals surface area (Å²) in [6.45, 7) is 1.98. The van der Waals surface area contributed by atoms with Gasteiger partial charge >= 0.3 is 6.09 Å². The molecule has 0 spiro atoms. The van der Waals surface area contributed by atoms with Crippen molar-refractivity contribution in [3.8, 4) is 5.75 Å². The second kappa shape index (κ2) is 10.8. The fraction of sp³-hybridized carbons (Fsp3) is 0.409. The molecule has 2 heterocycles. The number of ether oxygens (including phenoxy) is 2. The van der Waals surface area contributed by atoms with Gasteiger partial charge in [0.25, 0.3) is 0 Å². The van der Waals surface area contributed by atoms with E-state index in [4.69, 9.17) is 9.47 Å². The van der Waals surface area contributed by atoms with E-state index in [1.807, 2.05) is 12.1 Å². The minimum Gasteiger partial charge on any atom is -0.496 e. The summed E-state index contributed by atoms with van der Waals surface area (Å²) in [5, 5.41) is 7.11. The van der Waals surface area contributed by atoms with Gasteiger partial charge in [0.05, 0.1) is 12.8 Å². The third-order valence-electron chi connectivity index (χ3n) is 5.55. The lowest BCUT2D eigenvalue weighted by molar-refractivity contribution is 0.143. The highest BCUT2D eigenvalue weighted by atomic mass is 35.5. The lowest BCUT2D eigenvalue weighted by atomic mass is 9.97. The van der Waals surface area contributed by atoms with Gasteiger partial charge in [-0.15, -0.1) is 24.8 Å². The number of anilines is 2. The number of nitrogens with zero attached hydrogens (tertiary/aromatic N) is 1. The fourth-order valence-corrected chi connectivity index (χ4v) is 3.94. The molecule has 1 atom stereocenters. The average Bonchev–Trinajstić information content (AvgIpc) is 2.75. The number of amides is 1. The number of cyclic esters (lactones) is 1. The predicted molar refractivity (Wildman–Crippen MR) is 124 cm³/mol. The molecule has 2 N–H and O–H groups in total. The first-order valence-electron chi connectivity index (χ1n) is 9.83. The number of carbonyl (C=O) groups excluding carboxylic acids is 1. The number of hydrogen-bond acceptors (Lipinski definition) is 5. The van der Waals surface area contributed by atoms with E-state index in [9.17, 15) is 4.79 Å². The summed E-state index contributed by atoms with van der Waals surface area (Å²) in [4.78, 5) is 13.4. The Morgan fingerprint density at radius 2 is 2.07 bits per heavy atom. The molecule has 1 fully saturated rings. The molecule has 6 nitrogen and oxygen atoms in total. The first kappa shape index (κ1) is 24.1. The van der Waals surface area contributed by atoms with Crippen LogP contribution >= 0.6 is 24.8 Å². The quantitative estimate of drug-likeness (QED) is 0.662. The molecule has 1 saturated heterocycles. The molecule has 2 aromatic rings. The van der Waals surface area contributed by atoms with Crippen molar-refractivity contribution in [1.29, 1.82) is 0 Å². The monoisotopic (exact) mass is 453 g/mol. The Balaban J connectivity index is 0.00000160. The zero-order valence-corrected chi connectivity index (χ0v) is 18.9. The average molecular weight is 454 g/mol. The number of benzene rings is 2. The Labute approximate surface area is 190 Å². The topological polar surface area (TPSA) is 62.8 Å². The van der Waals surface area contributed by atoms with Gasteiger partial charge < -0.3 is 20.1 Å². The van der Waals surface area contributed by atoms with Crippen molar-refractivity contribution < 1.29 is 14.3 Å². The molecule has 0 aromatic heterocycles. The zero-order chi connectivity index (χ0) is 19.5. The van der Waals surface area contributed by atoms with Crippen LogP contribution in [0.15, 0.2) is 36.4 Å². The van der Waals surface area contributed by atoms with Gasteiger partial charge in [-0.05, 0) is 49.2 Å². The van der Waals surface area contributed by atoms with E-state index >= 15 is 0 Å². The van der Waals surface area contributed by atoms with Gasteiger partial charge in [0.1, 0.15) is 12.4 Å². The van der Waals surface area contributed by atoms with Crippen molar-refractivity contribution in [2.75, 3.05) is 30.9 Å². The maximum absolute atomic E-state index is 11.8. The molecule has 2 aliphatic rings. The molecule has 2 aliphatic heterocycles. The number of nitrogens with one attached hydrogen (secondary N) is 2. The van der Waals surface area contributed by atoms with Crippen LogP contribution in [0.2, 0.25) is 0 Å². The molecule has 1 amide bonds. The summed E-state index contributed by atoms with van der Waals surface area (Å²) < 4.78 is 10.7. The number of piperidine rings is 1. The first-order valence-corrected chi connectivity index (χ1v) is 9.83. The Morgan fingerprint density at radius 3 is 2.80 bits per heavy atom. The van der Waals surface area contributed by atoms with Gasteiger partial charge in [-0.3, -0.25) is 4.90 Å². The molecular formula is C22H29Cl2N3O3. The van der Waals surface area contributed by atoms with Crippen LogP contribution in [0, 0.1) is 0 Å². The number of carbonyl (C=O) groups is 1. The summed E-state index contributed by atoms with van der Waals surface area (Å²) in [5.74, 6) is 0.794. The highest BCUT2D eigenvalue weighted by Gasteiger charge is 2.24. The molecule has 2 aromatic carbocycles. The van der Waals surface area contributed by atoms with E-state index < -0.39 is 0 Å². The number of methoxy groups -OCH3 is 1. The molecule has 0 radical (unpaired) electrons. The van der Waals surface area contributed by atoms with Crippen LogP contribution in [0.4, 0.5) is 16.2 Å². The molecule has 8 heteroatoms. The van der Waals surface area contributed by atoms with Crippen molar-refractivity contribution in [2.24, 2.45) is 0 Å². The standard InChI is InChI=1S/C22H27N3O3.2ClH/c1-25-20-11-16(21(27-2)12-17(20)14-28-22(25)26)13-24-18-7-5-6-15(10-18)19-8-3-4-9-23-19;;/h5-7,10-12,19,23-24H,3-4,8-9,13-14H2,1-2H3;2*1H/t19-;;/m0../s1. The molecule has 164 valence electrons. The van der Waals surface area contributed by atoms with Gasteiger partial charge in [0.15, 0.2) is 0 Å². The highest BCUT2D eigenvalue weighted by molar-refractivity contribution is 5.90. The van der Waals surface area contributed by atoms with Gasteiger partial charge in [0.2, 0.25) is 0 Å². The summed E-state index contributed by atoms with van der Waals surface area (Å²) in [5.41, 5.74) is 5.23. The van der Waals surface area contributed by atoms with E-state index in [1.165, 1.54) is 29.7 Å². The summed E-state index contributed by atoms with van der Waals surface area (Å²) in [6.07, 6.45) is 3.39. The van der Waals surface area contributed by atoms with E-state index in [-0.39, 0.29) is 37.5 Å². The third-order valence-corrected chi connectivity index (χ3v) is 5.55. The first-order chi connectivity index (χ1) is 13.7. The maximum atomic E-state index is 11.8.